The van der Waals surface area contributed by atoms with E-state index in [4.69, 9.17) is 11.6 Å². The molecule has 1 N–H and O–H groups in total. The summed E-state index contributed by atoms with van der Waals surface area (Å²) < 4.78 is 1.35. The van der Waals surface area contributed by atoms with E-state index >= 15 is 0 Å². The van der Waals surface area contributed by atoms with Crippen LogP contribution in [0.15, 0.2) is 29.2 Å². The second kappa shape index (κ2) is 6.58. The molecule has 2 aromatic heterocycles. The summed E-state index contributed by atoms with van der Waals surface area (Å²) in [5.74, 6) is 0.699. The predicted molar refractivity (Wildman–Crippen MR) is 85.3 cm³/mol. The van der Waals surface area contributed by atoms with Crippen molar-refractivity contribution in [2.45, 2.75) is 13.5 Å². The standard InChI is InChI=1S/C14H18ClN5O/c1-4-19(3)10-7-14(21)20(17-8-10)9-12-11(15)5-6-13(16-2)18-12/h5-8H,4,9H2,1-3H3,(H,16,18). The van der Waals surface area contributed by atoms with Gasteiger partial charge in [0.05, 0.1) is 29.1 Å². The van der Waals surface area contributed by atoms with Gasteiger partial charge in [-0.15, -0.1) is 0 Å². The first-order valence-electron chi connectivity index (χ1n) is 6.66. The van der Waals surface area contributed by atoms with Gasteiger partial charge in [0.25, 0.3) is 5.56 Å². The third kappa shape index (κ3) is 3.52. The maximum absolute atomic E-state index is 12.1. The van der Waals surface area contributed by atoms with E-state index in [1.165, 1.54) is 4.68 Å². The molecular formula is C14H18ClN5O. The Kier molecular flexibility index (Phi) is 4.80. The fraction of sp³-hybridized carbons (Fsp3) is 0.357. The molecule has 0 saturated carbocycles. The maximum Gasteiger partial charge on any atom is 0.269 e. The largest absolute Gasteiger partial charge is 0.373 e. The van der Waals surface area contributed by atoms with Gasteiger partial charge in [0, 0.05) is 26.7 Å². The van der Waals surface area contributed by atoms with Crippen LogP contribution < -0.4 is 15.8 Å². The van der Waals surface area contributed by atoms with Crippen LogP contribution in [0.5, 0.6) is 0 Å². The molecule has 2 aromatic rings. The maximum atomic E-state index is 12.1. The molecule has 0 radical (unpaired) electrons. The monoisotopic (exact) mass is 307 g/mol. The van der Waals surface area contributed by atoms with Crippen LogP contribution in [0.1, 0.15) is 12.6 Å². The average Bonchev–Trinajstić information content (AvgIpc) is 2.50. The van der Waals surface area contributed by atoms with Crippen LogP contribution in [-0.2, 0) is 6.54 Å². The van der Waals surface area contributed by atoms with Crippen molar-refractivity contribution in [1.82, 2.24) is 14.8 Å². The molecule has 21 heavy (non-hydrogen) atoms. The quantitative estimate of drug-likeness (QED) is 0.913. The molecule has 0 aliphatic heterocycles. The van der Waals surface area contributed by atoms with Gasteiger partial charge in [0.1, 0.15) is 5.82 Å². The van der Waals surface area contributed by atoms with E-state index in [0.717, 1.165) is 12.2 Å². The van der Waals surface area contributed by atoms with Crippen LogP contribution in [0.2, 0.25) is 5.02 Å². The number of hydrogen-bond donors (Lipinski definition) is 1. The molecular weight excluding hydrogens is 290 g/mol. The van der Waals surface area contributed by atoms with Gasteiger partial charge in [0.2, 0.25) is 0 Å². The van der Waals surface area contributed by atoms with E-state index in [1.807, 2.05) is 18.9 Å². The van der Waals surface area contributed by atoms with Gasteiger partial charge < -0.3 is 10.2 Å². The Morgan fingerprint density at radius 2 is 2.19 bits per heavy atom. The Balaban J connectivity index is 2.30. The van der Waals surface area contributed by atoms with E-state index in [-0.39, 0.29) is 12.1 Å². The van der Waals surface area contributed by atoms with Crippen LogP contribution in [0, 0.1) is 0 Å². The summed E-state index contributed by atoms with van der Waals surface area (Å²) in [4.78, 5) is 18.4. The van der Waals surface area contributed by atoms with Crippen LogP contribution >= 0.6 is 11.6 Å². The van der Waals surface area contributed by atoms with Crippen LogP contribution in [0.3, 0.4) is 0 Å². The molecule has 112 valence electrons. The fourth-order valence-corrected chi connectivity index (χ4v) is 1.98. The van der Waals surface area contributed by atoms with E-state index in [2.05, 4.69) is 15.4 Å². The van der Waals surface area contributed by atoms with E-state index in [0.29, 0.717) is 16.5 Å². The molecule has 7 heteroatoms. The zero-order valence-corrected chi connectivity index (χ0v) is 13.1. The molecule has 2 heterocycles. The first-order chi connectivity index (χ1) is 10.0. The Morgan fingerprint density at radius 3 is 2.81 bits per heavy atom. The minimum absolute atomic E-state index is 0.180. The van der Waals surface area contributed by atoms with Gasteiger partial charge in [-0.1, -0.05) is 11.6 Å². The molecule has 0 bridgehead atoms. The van der Waals surface area contributed by atoms with Crippen molar-refractivity contribution in [3.8, 4) is 0 Å². The third-order valence-corrected chi connectivity index (χ3v) is 3.59. The Hall–Kier alpha value is -2.08. The van der Waals surface area contributed by atoms with Crippen molar-refractivity contribution in [3.63, 3.8) is 0 Å². The van der Waals surface area contributed by atoms with Crippen LogP contribution in [0.4, 0.5) is 11.5 Å². The average molecular weight is 308 g/mol. The van der Waals surface area contributed by atoms with Gasteiger partial charge in [-0.2, -0.15) is 5.10 Å². The minimum Gasteiger partial charge on any atom is -0.373 e. The molecule has 0 fully saturated rings. The van der Waals surface area contributed by atoms with Crippen molar-refractivity contribution in [2.75, 3.05) is 30.9 Å². The molecule has 0 saturated heterocycles. The highest BCUT2D eigenvalue weighted by Gasteiger charge is 2.08. The number of hydrogen-bond acceptors (Lipinski definition) is 5. The lowest BCUT2D eigenvalue weighted by Crippen LogP contribution is -2.26. The zero-order chi connectivity index (χ0) is 15.4. The Bertz CT molecular complexity index is 685. The Morgan fingerprint density at radius 1 is 1.43 bits per heavy atom. The van der Waals surface area contributed by atoms with Crippen molar-refractivity contribution < 1.29 is 0 Å². The molecule has 0 atom stereocenters. The minimum atomic E-state index is -0.180. The van der Waals surface area contributed by atoms with Crippen LogP contribution in [-0.4, -0.2) is 35.4 Å². The predicted octanol–water partition coefficient (Wildman–Crippen LogP) is 1.84. The summed E-state index contributed by atoms with van der Waals surface area (Å²) in [6, 6.07) is 5.09. The van der Waals surface area contributed by atoms with Gasteiger partial charge in [0.15, 0.2) is 0 Å². The molecule has 0 spiro atoms. The summed E-state index contributed by atoms with van der Waals surface area (Å²) in [7, 11) is 3.69. The van der Waals surface area contributed by atoms with E-state index in [9.17, 15) is 4.79 Å². The van der Waals surface area contributed by atoms with E-state index < -0.39 is 0 Å². The summed E-state index contributed by atoms with van der Waals surface area (Å²) in [6.07, 6.45) is 1.67. The van der Waals surface area contributed by atoms with E-state index in [1.54, 1.807) is 31.4 Å². The smallest absolute Gasteiger partial charge is 0.269 e. The molecule has 0 aliphatic carbocycles. The van der Waals surface area contributed by atoms with Crippen molar-refractivity contribution in [2.24, 2.45) is 0 Å². The number of nitrogens with one attached hydrogen (secondary N) is 1. The normalized spacial score (nSPS) is 10.5. The molecule has 6 nitrogen and oxygen atoms in total. The molecule has 0 amide bonds. The molecule has 0 aliphatic rings. The van der Waals surface area contributed by atoms with Gasteiger partial charge in [-0.25, -0.2) is 9.67 Å². The second-order valence-corrected chi connectivity index (χ2v) is 5.01. The number of halogens is 1. The van der Waals surface area contributed by atoms with Crippen molar-refractivity contribution in [1.29, 1.82) is 0 Å². The van der Waals surface area contributed by atoms with Crippen molar-refractivity contribution >= 4 is 23.1 Å². The molecule has 0 aromatic carbocycles. The summed E-state index contributed by atoms with van der Waals surface area (Å²) in [6.45, 7) is 3.06. The fourth-order valence-electron chi connectivity index (χ4n) is 1.81. The lowest BCUT2D eigenvalue weighted by Gasteiger charge is -2.16. The highest BCUT2D eigenvalue weighted by atomic mass is 35.5. The second-order valence-electron chi connectivity index (χ2n) is 4.60. The first-order valence-corrected chi connectivity index (χ1v) is 7.04. The highest BCUT2D eigenvalue weighted by Crippen LogP contribution is 2.17. The zero-order valence-electron chi connectivity index (χ0n) is 12.3. The summed E-state index contributed by atoms with van der Waals surface area (Å²) in [5, 5.41) is 7.64. The SMILES string of the molecule is CCN(C)c1cnn(Cc2nc(NC)ccc2Cl)c(=O)c1. The summed E-state index contributed by atoms with van der Waals surface area (Å²) in [5.41, 5.74) is 1.22. The highest BCUT2D eigenvalue weighted by molar-refractivity contribution is 6.31. The number of pyridine rings is 1. The van der Waals surface area contributed by atoms with Gasteiger partial charge in [-0.05, 0) is 19.1 Å². The lowest BCUT2D eigenvalue weighted by molar-refractivity contribution is 0.627. The topological polar surface area (TPSA) is 63.1 Å². The Labute approximate surface area is 128 Å². The lowest BCUT2D eigenvalue weighted by atomic mass is 10.3. The third-order valence-electron chi connectivity index (χ3n) is 3.24. The first kappa shape index (κ1) is 15.3. The summed E-state index contributed by atoms with van der Waals surface area (Å²) >= 11 is 6.12. The van der Waals surface area contributed by atoms with Crippen molar-refractivity contribution in [3.05, 3.63) is 45.5 Å². The number of aromatic nitrogens is 3. The number of rotatable bonds is 5. The van der Waals surface area contributed by atoms with Gasteiger partial charge >= 0.3 is 0 Å². The number of nitrogens with zero attached hydrogens (tertiary/aromatic N) is 4. The number of anilines is 2. The molecule has 0 unspecified atom stereocenters. The van der Waals surface area contributed by atoms with Crippen LogP contribution in [0.25, 0.3) is 0 Å². The van der Waals surface area contributed by atoms with Gasteiger partial charge in [-0.3, -0.25) is 4.79 Å². The molecule has 2 rings (SSSR count).